The molecule has 7 heavy (non-hydrogen) atoms. The van der Waals surface area contributed by atoms with E-state index in [-0.39, 0.29) is 0 Å². The number of allylic oxidation sites excluding steroid dienone is 2. The highest BCUT2D eigenvalue weighted by Gasteiger charge is 2.41. The monoisotopic (exact) mass is 94.1 g/mol. The molecule has 2 aliphatic carbocycles. The molecular formula is C7H10. The molecule has 0 aliphatic heterocycles. The molecule has 0 aromatic rings. The van der Waals surface area contributed by atoms with Gasteiger partial charge in [-0.05, 0) is 24.7 Å². The van der Waals surface area contributed by atoms with E-state index in [0.29, 0.717) is 0 Å². The Labute approximate surface area is 44.2 Å². The molecule has 0 bridgehead atoms. The Bertz CT molecular complexity index is 122. The Balaban J connectivity index is 2.01. The van der Waals surface area contributed by atoms with Gasteiger partial charge in [0.1, 0.15) is 0 Å². The van der Waals surface area contributed by atoms with Crippen LogP contribution in [0, 0.1) is 11.8 Å². The molecule has 0 aromatic heterocycles. The number of hydrogen-bond acceptors (Lipinski definition) is 0. The molecule has 0 saturated heterocycles. The van der Waals surface area contributed by atoms with Crippen LogP contribution in [0.25, 0.3) is 0 Å². The molecule has 1 unspecified atom stereocenters. The minimum absolute atomic E-state index is 1.00. The third-order valence-electron chi connectivity index (χ3n) is 2.22. The fraction of sp³-hybridized carbons (Fsp3) is 0.714. The quantitative estimate of drug-likeness (QED) is 0.436. The van der Waals surface area contributed by atoms with E-state index in [2.05, 4.69) is 13.0 Å². The molecule has 0 radical (unpaired) electrons. The van der Waals surface area contributed by atoms with Crippen molar-refractivity contribution in [2.24, 2.45) is 11.8 Å². The predicted molar refractivity (Wildman–Crippen MR) is 30.0 cm³/mol. The summed E-state index contributed by atoms with van der Waals surface area (Å²) in [7, 11) is 0. The molecule has 0 aromatic carbocycles. The minimum Gasteiger partial charge on any atom is -0.0772 e. The smallest absolute Gasteiger partial charge is 0.00116 e. The van der Waals surface area contributed by atoms with Gasteiger partial charge in [0, 0.05) is 0 Å². The van der Waals surface area contributed by atoms with Crippen LogP contribution >= 0.6 is 0 Å². The average molecular weight is 94.2 g/mol. The van der Waals surface area contributed by atoms with E-state index < -0.39 is 0 Å². The predicted octanol–water partition coefficient (Wildman–Crippen LogP) is 1.97. The third-order valence-corrected chi connectivity index (χ3v) is 2.22. The van der Waals surface area contributed by atoms with Gasteiger partial charge in [-0.15, -0.1) is 0 Å². The largest absolute Gasteiger partial charge is 0.0772 e. The molecule has 2 aliphatic rings. The molecule has 0 heterocycles. The van der Waals surface area contributed by atoms with E-state index >= 15 is 0 Å². The van der Waals surface area contributed by atoms with Crippen molar-refractivity contribution >= 4 is 0 Å². The topological polar surface area (TPSA) is 0 Å². The fourth-order valence-corrected chi connectivity index (χ4v) is 1.51. The molecule has 0 amide bonds. The Morgan fingerprint density at radius 2 is 2.71 bits per heavy atom. The first kappa shape index (κ1) is 3.71. The van der Waals surface area contributed by atoms with Gasteiger partial charge in [0.2, 0.25) is 0 Å². The second kappa shape index (κ2) is 0.936. The summed E-state index contributed by atoms with van der Waals surface area (Å²) in [6.45, 7) is 2.28. The van der Waals surface area contributed by atoms with Gasteiger partial charge >= 0.3 is 0 Å². The average Bonchev–Trinajstić information content (AvgIpc) is 2.18. The zero-order chi connectivity index (χ0) is 4.85. The maximum Gasteiger partial charge on any atom is -0.00116 e. The van der Waals surface area contributed by atoms with Crippen LogP contribution in [0.3, 0.4) is 0 Å². The van der Waals surface area contributed by atoms with Crippen molar-refractivity contribution in [1.82, 2.24) is 0 Å². The number of fused-ring (bicyclic) bond motifs is 1. The summed E-state index contributed by atoms with van der Waals surface area (Å²) < 4.78 is 0. The van der Waals surface area contributed by atoms with Crippen molar-refractivity contribution in [2.45, 2.75) is 19.8 Å². The molecular weight excluding hydrogens is 84.1 g/mol. The van der Waals surface area contributed by atoms with Crippen molar-refractivity contribution in [3.8, 4) is 0 Å². The fourth-order valence-electron chi connectivity index (χ4n) is 1.51. The molecule has 0 N–H and O–H groups in total. The maximum absolute atomic E-state index is 2.41. The SMILES string of the molecule is CC[C@@H]1CC2C=C21. The summed E-state index contributed by atoms with van der Waals surface area (Å²) in [5.74, 6) is 2.02. The van der Waals surface area contributed by atoms with Crippen LogP contribution in [-0.2, 0) is 0 Å². The zero-order valence-corrected chi connectivity index (χ0v) is 4.65. The van der Waals surface area contributed by atoms with Gasteiger partial charge in [-0.25, -0.2) is 0 Å². The van der Waals surface area contributed by atoms with Crippen molar-refractivity contribution in [2.75, 3.05) is 0 Å². The highest BCUT2D eigenvalue weighted by molar-refractivity contribution is 5.39. The minimum atomic E-state index is 1.00. The van der Waals surface area contributed by atoms with E-state index in [1.54, 1.807) is 5.57 Å². The van der Waals surface area contributed by atoms with E-state index in [9.17, 15) is 0 Å². The first-order valence-electron chi connectivity index (χ1n) is 3.13. The number of hydrogen-bond donors (Lipinski definition) is 0. The van der Waals surface area contributed by atoms with E-state index in [1.165, 1.54) is 12.8 Å². The Morgan fingerprint density at radius 3 is 2.86 bits per heavy atom. The van der Waals surface area contributed by atoms with Gasteiger partial charge in [-0.3, -0.25) is 0 Å². The second-order valence-corrected chi connectivity index (χ2v) is 2.61. The Morgan fingerprint density at radius 1 is 1.86 bits per heavy atom. The van der Waals surface area contributed by atoms with Crippen LogP contribution in [0.4, 0.5) is 0 Å². The van der Waals surface area contributed by atoms with Crippen molar-refractivity contribution < 1.29 is 0 Å². The van der Waals surface area contributed by atoms with Crippen molar-refractivity contribution in [3.05, 3.63) is 11.6 Å². The molecule has 0 heteroatoms. The Hall–Kier alpha value is -0.260. The molecule has 2 atom stereocenters. The van der Waals surface area contributed by atoms with Crippen LogP contribution in [0.15, 0.2) is 11.6 Å². The van der Waals surface area contributed by atoms with Crippen LogP contribution in [0.2, 0.25) is 0 Å². The van der Waals surface area contributed by atoms with Gasteiger partial charge in [-0.2, -0.15) is 0 Å². The van der Waals surface area contributed by atoms with Gasteiger partial charge in [0.25, 0.3) is 0 Å². The second-order valence-electron chi connectivity index (χ2n) is 2.61. The summed E-state index contributed by atoms with van der Waals surface area (Å²) in [6.07, 6.45) is 5.27. The third kappa shape index (κ3) is 0.324. The number of rotatable bonds is 1. The molecule has 0 nitrogen and oxygen atoms in total. The molecule has 1 saturated carbocycles. The summed E-state index contributed by atoms with van der Waals surface area (Å²) in [5, 5.41) is 0. The van der Waals surface area contributed by atoms with Gasteiger partial charge < -0.3 is 0 Å². The normalized spacial score (nSPS) is 43.9. The van der Waals surface area contributed by atoms with E-state index in [1.807, 2.05) is 0 Å². The summed E-state index contributed by atoms with van der Waals surface area (Å²) in [6, 6.07) is 0. The lowest BCUT2D eigenvalue weighted by molar-refractivity contribution is 0.427. The van der Waals surface area contributed by atoms with Crippen LogP contribution < -0.4 is 0 Å². The molecule has 2 rings (SSSR count). The summed E-state index contributed by atoms with van der Waals surface area (Å²) in [4.78, 5) is 0. The molecule has 38 valence electrons. The van der Waals surface area contributed by atoms with Crippen LogP contribution in [0.1, 0.15) is 19.8 Å². The highest BCUT2D eigenvalue weighted by atomic mass is 14.5. The lowest BCUT2D eigenvalue weighted by atomic mass is 9.83. The standard InChI is InChI=1S/C7H10/c1-2-5-3-6-4-7(5)6/h4-6H,2-3H2,1H3/t5-,6?/m1/s1. The zero-order valence-electron chi connectivity index (χ0n) is 4.65. The van der Waals surface area contributed by atoms with E-state index in [4.69, 9.17) is 0 Å². The summed E-state index contributed by atoms with van der Waals surface area (Å²) in [5.41, 5.74) is 1.77. The summed E-state index contributed by atoms with van der Waals surface area (Å²) >= 11 is 0. The first-order valence-corrected chi connectivity index (χ1v) is 3.13. The van der Waals surface area contributed by atoms with Crippen molar-refractivity contribution in [1.29, 1.82) is 0 Å². The van der Waals surface area contributed by atoms with Crippen LogP contribution in [0.5, 0.6) is 0 Å². The highest BCUT2D eigenvalue weighted by Crippen LogP contribution is 2.53. The molecule has 1 fully saturated rings. The van der Waals surface area contributed by atoms with Crippen LogP contribution in [-0.4, -0.2) is 0 Å². The van der Waals surface area contributed by atoms with Gasteiger partial charge in [0.15, 0.2) is 0 Å². The van der Waals surface area contributed by atoms with Gasteiger partial charge in [0.05, 0.1) is 0 Å². The first-order chi connectivity index (χ1) is 3.42. The maximum atomic E-state index is 2.41. The Kier molecular flexibility index (Phi) is 0.495. The van der Waals surface area contributed by atoms with Crippen molar-refractivity contribution in [3.63, 3.8) is 0 Å². The molecule has 0 spiro atoms. The lowest BCUT2D eigenvalue weighted by Gasteiger charge is -2.21. The van der Waals surface area contributed by atoms with Gasteiger partial charge in [-0.1, -0.05) is 18.6 Å². The van der Waals surface area contributed by atoms with E-state index in [0.717, 1.165) is 11.8 Å². The lowest BCUT2D eigenvalue weighted by Crippen LogP contribution is -2.10.